The Balaban J connectivity index is 1.71. The molecule has 0 heterocycles. The van der Waals surface area contributed by atoms with Gasteiger partial charge < -0.3 is 10.5 Å². The first-order chi connectivity index (χ1) is 11.8. The van der Waals surface area contributed by atoms with E-state index < -0.39 is 0 Å². The number of nitrogens with two attached hydrogens (primary N) is 1. The van der Waals surface area contributed by atoms with Gasteiger partial charge in [-0.15, -0.1) is 0 Å². The Kier molecular flexibility index (Phi) is 7.88. The predicted octanol–water partition coefficient (Wildman–Crippen LogP) is 5.76. The highest BCUT2D eigenvalue weighted by Crippen LogP contribution is 2.16. The summed E-state index contributed by atoms with van der Waals surface area (Å²) in [6.07, 6.45) is 9.54. The van der Waals surface area contributed by atoms with Gasteiger partial charge >= 0.3 is 0 Å². The molecular weight excluding hydrogens is 296 g/mol. The van der Waals surface area contributed by atoms with Gasteiger partial charge in [0.15, 0.2) is 0 Å². The summed E-state index contributed by atoms with van der Waals surface area (Å²) in [5.74, 6) is 0.924. The highest BCUT2D eigenvalue weighted by Gasteiger charge is 1.95. The Morgan fingerprint density at radius 3 is 2.25 bits per heavy atom. The Bertz CT molecular complexity index is 603. The first kappa shape index (κ1) is 18.1. The summed E-state index contributed by atoms with van der Waals surface area (Å²) in [5, 5.41) is 0. The molecule has 0 aliphatic carbocycles. The zero-order valence-electron chi connectivity index (χ0n) is 14.6. The molecule has 0 unspecified atom stereocenters. The Morgan fingerprint density at radius 2 is 1.54 bits per heavy atom. The van der Waals surface area contributed by atoms with Crippen molar-refractivity contribution in [1.82, 2.24) is 0 Å². The smallest absolute Gasteiger partial charge is 0.119 e. The molecule has 2 N–H and O–H groups in total. The SMILES string of the molecule is CCCCCCCCOc1ccc(C=Nc2ccc(N)cc2)cc1. The predicted molar refractivity (Wildman–Crippen MR) is 103 cm³/mol. The van der Waals surface area contributed by atoms with Gasteiger partial charge in [0.2, 0.25) is 0 Å². The van der Waals surface area contributed by atoms with Crippen molar-refractivity contribution in [3.05, 3.63) is 54.1 Å². The van der Waals surface area contributed by atoms with Crippen LogP contribution in [-0.2, 0) is 0 Å². The summed E-state index contributed by atoms with van der Waals surface area (Å²) in [5.41, 5.74) is 8.37. The number of ether oxygens (including phenoxy) is 1. The van der Waals surface area contributed by atoms with E-state index in [4.69, 9.17) is 10.5 Å². The molecule has 0 radical (unpaired) electrons. The molecule has 0 aliphatic heterocycles. The van der Waals surface area contributed by atoms with Crippen molar-refractivity contribution in [3.8, 4) is 5.75 Å². The fourth-order valence-corrected chi connectivity index (χ4v) is 2.43. The van der Waals surface area contributed by atoms with Crippen LogP contribution in [0.2, 0.25) is 0 Å². The first-order valence-electron chi connectivity index (χ1n) is 8.90. The lowest BCUT2D eigenvalue weighted by Gasteiger charge is -2.06. The third-order valence-electron chi connectivity index (χ3n) is 3.90. The minimum Gasteiger partial charge on any atom is -0.494 e. The molecule has 2 aromatic carbocycles. The van der Waals surface area contributed by atoms with Crippen molar-refractivity contribution >= 4 is 17.6 Å². The van der Waals surface area contributed by atoms with Crippen LogP contribution in [0.5, 0.6) is 5.75 Å². The van der Waals surface area contributed by atoms with Crippen LogP contribution in [0.1, 0.15) is 51.0 Å². The number of unbranched alkanes of at least 4 members (excludes halogenated alkanes) is 5. The van der Waals surface area contributed by atoms with E-state index in [0.717, 1.165) is 35.7 Å². The van der Waals surface area contributed by atoms with Crippen molar-refractivity contribution in [3.63, 3.8) is 0 Å². The van der Waals surface area contributed by atoms with Crippen LogP contribution in [0.15, 0.2) is 53.5 Å². The molecule has 0 atom stereocenters. The van der Waals surface area contributed by atoms with Gasteiger partial charge in [0.25, 0.3) is 0 Å². The molecule has 0 amide bonds. The second kappa shape index (κ2) is 10.5. The van der Waals surface area contributed by atoms with E-state index in [1.54, 1.807) is 0 Å². The number of nitrogens with zero attached hydrogens (tertiary/aromatic N) is 1. The van der Waals surface area contributed by atoms with E-state index in [9.17, 15) is 0 Å². The van der Waals surface area contributed by atoms with Gasteiger partial charge in [-0.3, -0.25) is 4.99 Å². The highest BCUT2D eigenvalue weighted by atomic mass is 16.5. The maximum absolute atomic E-state index is 5.79. The summed E-state index contributed by atoms with van der Waals surface area (Å²) in [7, 11) is 0. The largest absolute Gasteiger partial charge is 0.494 e. The summed E-state index contributed by atoms with van der Waals surface area (Å²) in [6.45, 7) is 3.04. The molecule has 128 valence electrons. The Morgan fingerprint density at radius 1 is 0.875 bits per heavy atom. The van der Waals surface area contributed by atoms with Crippen LogP contribution < -0.4 is 10.5 Å². The highest BCUT2D eigenvalue weighted by molar-refractivity contribution is 5.82. The topological polar surface area (TPSA) is 47.6 Å². The van der Waals surface area contributed by atoms with Gasteiger partial charge in [0.1, 0.15) is 5.75 Å². The summed E-state index contributed by atoms with van der Waals surface area (Å²) < 4.78 is 5.79. The maximum Gasteiger partial charge on any atom is 0.119 e. The molecular formula is C21H28N2O. The molecule has 0 spiro atoms. The average Bonchev–Trinajstić information content (AvgIpc) is 2.61. The minimum atomic E-state index is 0.751. The molecule has 24 heavy (non-hydrogen) atoms. The lowest BCUT2D eigenvalue weighted by atomic mass is 10.1. The maximum atomic E-state index is 5.79. The van der Waals surface area contributed by atoms with Crippen LogP contribution in [0.4, 0.5) is 11.4 Å². The van der Waals surface area contributed by atoms with Gasteiger partial charge in [-0.25, -0.2) is 0 Å². The second-order valence-electron chi connectivity index (χ2n) is 6.03. The second-order valence-corrected chi connectivity index (χ2v) is 6.03. The standard InChI is InChI=1S/C21H28N2O/c1-2-3-4-5-6-7-16-24-21-14-8-18(9-15-21)17-23-20-12-10-19(22)11-13-20/h8-15,17H,2-7,16,22H2,1H3. The third kappa shape index (κ3) is 6.86. The first-order valence-corrected chi connectivity index (χ1v) is 8.90. The zero-order valence-corrected chi connectivity index (χ0v) is 14.6. The number of anilines is 1. The molecule has 0 bridgehead atoms. The van der Waals surface area contributed by atoms with Crippen molar-refractivity contribution < 1.29 is 4.74 Å². The fraction of sp³-hybridized carbons (Fsp3) is 0.381. The number of benzene rings is 2. The minimum absolute atomic E-state index is 0.751. The molecule has 0 aromatic heterocycles. The van der Waals surface area contributed by atoms with Crippen LogP contribution in [-0.4, -0.2) is 12.8 Å². The van der Waals surface area contributed by atoms with Crippen LogP contribution >= 0.6 is 0 Å². The summed E-state index contributed by atoms with van der Waals surface area (Å²) >= 11 is 0. The zero-order chi connectivity index (χ0) is 17.0. The van der Waals surface area contributed by atoms with E-state index in [-0.39, 0.29) is 0 Å². The fourth-order valence-electron chi connectivity index (χ4n) is 2.43. The monoisotopic (exact) mass is 324 g/mol. The molecule has 0 fully saturated rings. The van der Waals surface area contributed by atoms with E-state index in [0.29, 0.717) is 0 Å². The van der Waals surface area contributed by atoms with E-state index in [2.05, 4.69) is 11.9 Å². The average molecular weight is 324 g/mol. The lowest BCUT2D eigenvalue weighted by Crippen LogP contribution is -1.97. The van der Waals surface area contributed by atoms with Crippen molar-refractivity contribution in [2.45, 2.75) is 45.4 Å². The molecule has 0 saturated carbocycles. The van der Waals surface area contributed by atoms with Crippen LogP contribution in [0.25, 0.3) is 0 Å². The quantitative estimate of drug-likeness (QED) is 0.343. The van der Waals surface area contributed by atoms with Gasteiger partial charge in [-0.1, -0.05) is 39.0 Å². The van der Waals surface area contributed by atoms with Crippen LogP contribution in [0, 0.1) is 0 Å². The Hall–Kier alpha value is -2.29. The van der Waals surface area contributed by atoms with Crippen LogP contribution in [0.3, 0.4) is 0 Å². The van der Waals surface area contributed by atoms with Gasteiger partial charge in [-0.2, -0.15) is 0 Å². The molecule has 2 aromatic rings. The molecule has 0 saturated heterocycles. The lowest BCUT2D eigenvalue weighted by molar-refractivity contribution is 0.304. The van der Waals surface area contributed by atoms with Crippen molar-refractivity contribution in [1.29, 1.82) is 0 Å². The van der Waals surface area contributed by atoms with E-state index in [1.807, 2.05) is 54.7 Å². The normalized spacial score (nSPS) is 11.0. The van der Waals surface area contributed by atoms with E-state index >= 15 is 0 Å². The summed E-state index contributed by atoms with van der Waals surface area (Å²) in [6, 6.07) is 15.6. The summed E-state index contributed by atoms with van der Waals surface area (Å²) in [4.78, 5) is 4.44. The van der Waals surface area contributed by atoms with Gasteiger partial charge in [0, 0.05) is 11.9 Å². The number of nitrogen functional groups attached to an aromatic ring is 1. The number of rotatable bonds is 10. The van der Waals surface area contributed by atoms with Gasteiger partial charge in [-0.05, 0) is 60.5 Å². The van der Waals surface area contributed by atoms with Crippen molar-refractivity contribution in [2.24, 2.45) is 4.99 Å². The molecule has 0 aliphatic rings. The number of hydrogen-bond donors (Lipinski definition) is 1. The van der Waals surface area contributed by atoms with Crippen molar-refractivity contribution in [2.75, 3.05) is 12.3 Å². The van der Waals surface area contributed by atoms with Gasteiger partial charge in [0.05, 0.1) is 12.3 Å². The molecule has 3 nitrogen and oxygen atoms in total. The molecule has 3 heteroatoms. The number of hydrogen-bond acceptors (Lipinski definition) is 3. The van der Waals surface area contributed by atoms with E-state index in [1.165, 1.54) is 32.1 Å². The number of aliphatic imine (C=N–C) groups is 1. The Labute approximate surface area is 145 Å². The molecule has 2 rings (SSSR count). The third-order valence-corrected chi connectivity index (χ3v) is 3.90.